The lowest BCUT2D eigenvalue weighted by Gasteiger charge is -2.32. The number of likely N-dealkylation sites (tertiary alicyclic amines) is 1. The molecule has 0 saturated carbocycles. The predicted molar refractivity (Wildman–Crippen MR) is 118 cm³/mol. The molecule has 0 radical (unpaired) electrons. The summed E-state index contributed by atoms with van der Waals surface area (Å²) >= 11 is 0. The van der Waals surface area contributed by atoms with Crippen LogP contribution in [0.3, 0.4) is 0 Å². The minimum absolute atomic E-state index is 0.112. The van der Waals surface area contributed by atoms with E-state index < -0.39 is 0 Å². The number of hydrazone groups is 1. The van der Waals surface area contributed by atoms with Gasteiger partial charge in [0.05, 0.1) is 38.2 Å². The highest BCUT2D eigenvalue weighted by Crippen LogP contribution is 2.33. The van der Waals surface area contributed by atoms with E-state index >= 15 is 0 Å². The van der Waals surface area contributed by atoms with Gasteiger partial charge in [-0.25, -0.2) is 5.01 Å². The number of esters is 1. The van der Waals surface area contributed by atoms with Gasteiger partial charge in [-0.05, 0) is 68.3 Å². The van der Waals surface area contributed by atoms with E-state index in [2.05, 4.69) is 5.10 Å². The molecule has 1 fully saturated rings. The standard InChI is InChI=1S/C24H29N3O5/c1-3-31-24(29)18-6-4-12-26(15-18)16-23(28)27-21(22-7-5-13-32-22)14-20(25-27)17-8-10-19(30-2)11-9-17/h5,7-11,13,18,21H,3-4,6,12,14-16H2,1-2H3. The monoisotopic (exact) mass is 439 g/mol. The first-order valence-corrected chi connectivity index (χ1v) is 11.1. The van der Waals surface area contributed by atoms with Crippen molar-refractivity contribution < 1.29 is 23.5 Å². The third kappa shape index (κ3) is 4.85. The van der Waals surface area contributed by atoms with Gasteiger partial charge in [-0.2, -0.15) is 5.10 Å². The maximum atomic E-state index is 13.3. The Bertz CT molecular complexity index is 955. The average Bonchev–Trinajstić information content (AvgIpc) is 3.49. The summed E-state index contributed by atoms with van der Waals surface area (Å²) in [6, 6.07) is 11.0. The molecule has 8 nitrogen and oxygen atoms in total. The number of hydrogen-bond donors (Lipinski definition) is 0. The SMILES string of the molecule is CCOC(=O)C1CCCN(CC(=O)N2N=C(c3ccc(OC)cc3)CC2c2ccco2)C1. The van der Waals surface area contributed by atoms with Crippen LogP contribution >= 0.6 is 0 Å². The van der Waals surface area contributed by atoms with Crippen LogP contribution in [0, 0.1) is 5.92 Å². The van der Waals surface area contributed by atoms with Crippen LogP contribution in [0.2, 0.25) is 0 Å². The largest absolute Gasteiger partial charge is 0.497 e. The first-order chi connectivity index (χ1) is 15.6. The van der Waals surface area contributed by atoms with E-state index in [1.807, 2.05) is 48.2 Å². The van der Waals surface area contributed by atoms with E-state index in [4.69, 9.17) is 13.9 Å². The molecule has 0 aliphatic carbocycles. The van der Waals surface area contributed by atoms with Crippen molar-refractivity contribution in [3.8, 4) is 5.75 Å². The van der Waals surface area contributed by atoms with Gasteiger partial charge in [0, 0.05) is 13.0 Å². The maximum absolute atomic E-state index is 13.3. The number of ether oxygens (including phenoxy) is 2. The Morgan fingerprint density at radius 3 is 2.72 bits per heavy atom. The first-order valence-electron chi connectivity index (χ1n) is 11.1. The second-order valence-electron chi connectivity index (χ2n) is 8.08. The minimum Gasteiger partial charge on any atom is -0.497 e. The normalized spacial score (nSPS) is 21.3. The van der Waals surface area contributed by atoms with Gasteiger partial charge in [0.15, 0.2) is 0 Å². The van der Waals surface area contributed by atoms with E-state index in [0.717, 1.165) is 36.4 Å². The van der Waals surface area contributed by atoms with Crippen LogP contribution in [0.25, 0.3) is 0 Å². The molecule has 1 amide bonds. The molecule has 32 heavy (non-hydrogen) atoms. The van der Waals surface area contributed by atoms with Gasteiger partial charge < -0.3 is 13.9 Å². The molecule has 1 aromatic carbocycles. The lowest BCUT2D eigenvalue weighted by molar-refractivity contribution is -0.150. The number of amides is 1. The number of carbonyl (C=O) groups is 2. The Kier molecular flexibility index (Phi) is 6.90. The third-order valence-electron chi connectivity index (χ3n) is 5.95. The number of furan rings is 1. The Labute approximate surface area is 187 Å². The zero-order valence-electron chi connectivity index (χ0n) is 18.5. The van der Waals surface area contributed by atoms with Crippen molar-refractivity contribution in [1.29, 1.82) is 0 Å². The molecular weight excluding hydrogens is 410 g/mol. The van der Waals surface area contributed by atoms with Crippen molar-refractivity contribution >= 4 is 17.6 Å². The predicted octanol–water partition coefficient (Wildman–Crippen LogP) is 3.24. The second kappa shape index (κ2) is 9.99. The summed E-state index contributed by atoms with van der Waals surface area (Å²) in [7, 11) is 1.63. The van der Waals surface area contributed by atoms with Gasteiger partial charge in [0.25, 0.3) is 5.91 Å². The maximum Gasteiger partial charge on any atom is 0.310 e. The molecule has 2 aromatic rings. The summed E-state index contributed by atoms with van der Waals surface area (Å²) in [5.41, 5.74) is 1.77. The van der Waals surface area contributed by atoms with Crippen molar-refractivity contribution in [2.24, 2.45) is 11.0 Å². The summed E-state index contributed by atoms with van der Waals surface area (Å²) in [5, 5.41) is 6.22. The zero-order chi connectivity index (χ0) is 22.5. The van der Waals surface area contributed by atoms with Crippen molar-refractivity contribution in [3.63, 3.8) is 0 Å². The van der Waals surface area contributed by atoms with E-state index in [1.165, 1.54) is 5.01 Å². The molecule has 1 aromatic heterocycles. The minimum atomic E-state index is -0.291. The molecule has 0 spiro atoms. The van der Waals surface area contributed by atoms with E-state index in [1.54, 1.807) is 13.4 Å². The molecule has 2 aliphatic heterocycles. The number of nitrogens with zero attached hydrogens (tertiary/aromatic N) is 3. The van der Waals surface area contributed by atoms with Crippen LogP contribution in [0.5, 0.6) is 5.75 Å². The fourth-order valence-corrected chi connectivity index (χ4v) is 4.32. The number of benzene rings is 1. The van der Waals surface area contributed by atoms with Crippen LogP contribution in [0.1, 0.15) is 43.6 Å². The van der Waals surface area contributed by atoms with E-state index in [-0.39, 0.29) is 30.4 Å². The van der Waals surface area contributed by atoms with Gasteiger partial charge in [0.2, 0.25) is 0 Å². The molecule has 0 N–H and O–H groups in total. The zero-order valence-corrected chi connectivity index (χ0v) is 18.5. The number of piperidine rings is 1. The summed E-state index contributed by atoms with van der Waals surface area (Å²) in [6.45, 7) is 3.68. The molecular formula is C24H29N3O5. The van der Waals surface area contributed by atoms with Gasteiger partial charge in [-0.1, -0.05) is 0 Å². The molecule has 4 rings (SSSR count). The molecule has 2 unspecified atom stereocenters. The van der Waals surface area contributed by atoms with Crippen LogP contribution < -0.4 is 4.74 Å². The third-order valence-corrected chi connectivity index (χ3v) is 5.95. The Hall–Kier alpha value is -3.13. The number of rotatable bonds is 7. The molecule has 8 heteroatoms. The lowest BCUT2D eigenvalue weighted by atomic mass is 9.98. The summed E-state index contributed by atoms with van der Waals surface area (Å²) < 4.78 is 16.0. The van der Waals surface area contributed by atoms with Crippen molar-refractivity contribution in [3.05, 3.63) is 54.0 Å². The fraction of sp³-hybridized carbons (Fsp3) is 0.458. The molecule has 3 heterocycles. The molecule has 1 saturated heterocycles. The van der Waals surface area contributed by atoms with E-state index in [0.29, 0.717) is 25.3 Å². The number of hydrogen-bond acceptors (Lipinski definition) is 7. The smallest absolute Gasteiger partial charge is 0.310 e. The second-order valence-corrected chi connectivity index (χ2v) is 8.08. The van der Waals surface area contributed by atoms with Gasteiger partial charge in [0.1, 0.15) is 17.6 Å². The van der Waals surface area contributed by atoms with E-state index in [9.17, 15) is 9.59 Å². The van der Waals surface area contributed by atoms with Crippen molar-refractivity contribution in [1.82, 2.24) is 9.91 Å². The highest BCUT2D eigenvalue weighted by atomic mass is 16.5. The van der Waals surface area contributed by atoms with Crippen LogP contribution in [0.4, 0.5) is 0 Å². The highest BCUT2D eigenvalue weighted by Gasteiger charge is 2.36. The first kappa shape index (κ1) is 22.1. The number of methoxy groups -OCH3 is 1. The van der Waals surface area contributed by atoms with Gasteiger partial charge in [-0.3, -0.25) is 14.5 Å². The van der Waals surface area contributed by atoms with Gasteiger partial charge in [-0.15, -0.1) is 0 Å². The summed E-state index contributed by atoms with van der Waals surface area (Å²) in [5.74, 6) is 0.991. The Morgan fingerprint density at radius 2 is 2.03 bits per heavy atom. The molecule has 170 valence electrons. The topological polar surface area (TPSA) is 84.6 Å². The van der Waals surface area contributed by atoms with Gasteiger partial charge >= 0.3 is 5.97 Å². The van der Waals surface area contributed by atoms with Crippen LogP contribution in [-0.2, 0) is 14.3 Å². The number of carbonyl (C=O) groups excluding carboxylic acids is 2. The quantitative estimate of drug-likeness (QED) is 0.616. The molecule has 2 aliphatic rings. The Morgan fingerprint density at radius 1 is 1.22 bits per heavy atom. The van der Waals surface area contributed by atoms with Crippen LogP contribution in [0.15, 0.2) is 52.2 Å². The lowest BCUT2D eigenvalue weighted by Crippen LogP contribution is -2.44. The van der Waals surface area contributed by atoms with Crippen LogP contribution in [-0.4, -0.2) is 60.8 Å². The van der Waals surface area contributed by atoms with Crippen molar-refractivity contribution in [2.75, 3.05) is 33.4 Å². The van der Waals surface area contributed by atoms with Crippen molar-refractivity contribution in [2.45, 2.75) is 32.2 Å². The Balaban J connectivity index is 1.49. The summed E-state index contributed by atoms with van der Waals surface area (Å²) in [6.07, 6.45) is 3.83. The fourth-order valence-electron chi connectivity index (χ4n) is 4.32. The highest BCUT2D eigenvalue weighted by molar-refractivity contribution is 6.03. The molecule has 2 atom stereocenters. The summed E-state index contributed by atoms with van der Waals surface area (Å²) in [4.78, 5) is 27.5. The average molecular weight is 440 g/mol. The molecule has 0 bridgehead atoms.